The van der Waals surface area contributed by atoms with E-state index in [-0.39, 0.29) is 18.0 Å². The molecule has 0 atom stereocenters. The van der Waals surface area contributed by atoms with Crippen molar-refractivity contribution in [1.82, 2.24) is 14.3 Å². The monoisotopic (exact) mass is 455 g/mol. The van der Waals surface area contributed by atoms with Crippen LogP contribution in [0.4, 0.5) is 24.8 Å². The number of anilines is 2. The van der Waals surface area contributed by atoms with Crippen molar-refractivity contribution in [3.8, 4) is 0 Å². The predicted molar refractivity (Wildman–Crippen MR) is 111 cm³/mol. The van der Waals surface area contributed by atoms with Crippen LogP contribution in [-0.4, -0.2) is 62.0 Å². The number of alkyl halides is 3. The summed E-state index contributed by atoms with van der Waals surface area (Å²) in [5.41, 5.74) is -0.974. The van der Waals surface area contributed by atoms with E-state index in [1.807, 2.05) is 11.0 Å². The molecule has 4 rings (SSSR count). The van der Waals surface area contributed by atoms with Crippen LogP contribution in [-0.2, 0) is 16.2 Å². The van der Waals surface area contributed by atoms with Crippen molar-refractivity contribution >= 4 is 21.7 Å². The van der Waals surface area contributed by atoms with E-state index in [0.29, 0.717) is 19.2 Å². The lowest BCUT2D eigenvalue weighted by Gasteiger charge is -2.35. The molecule has 0 spiro atoms. The molecule has 0 unspecified atom stereocenters. The lowest BCUT2D eigenvalue weighted by Crippen LogP contribution is -2.49. The van der Waals surface area contributed by atoms with Gasteiger partial charge in [-0.3, -0.25) is 0 Å². The van der Waals surface area contributed by atoms with E-state index in [2.05, 4.69) is 14.9 Å². The maximum atomic E-state index is 13.0. The fourth-order valence-electron chi connectivity index (χ4n) is 3.95. The molecule has 11 heteroatoms. The first-order chi connectivity index (χ1) is 14.7. The largest absolute Gasteiger partial charge is 0.416 e. The van der Waals surface area contributed by atoms with Crippen molar-refractivity contribution in [2.24, 2.45) is 0 Å². The Bertz CT molecular complexity index is 1020. The minimum Gasteiger partial charge on any atom is -0.356 e. The number of hydrogen-bond acceptors (Lipinski definition) is 6. The van der Waals surface area contributed by atoms with Crippen molar-refractivity contribution in [3.63, 3.8) is 0 Å². The number of sulfonamides is 1. The summed E-state index contributed by atoms with van der Waals surface area (Å²) in [6.45, 7) is 3.05. The second-order valence-corrected chi connectivity index (χ2v) is 9.64. The quantitative estimate of drug-likeness (QED) is 0.706. The van der Waals surface area contributed by atoms with Crippen molar-refractivity contribution in [3.05, 3.63) is 42.2 Å². The second-order valence-electron chi connectivity index (χ2n) is 7.70. The molecule has 0 N–H and O–H groups in total. The molecule has 7 nitrogen and oxygen atoms in total. The third kappa shape index (κ3) is 4.77. The molecule has 0 saturated carbocycles. The summed E-state index contributed by atoms with van der Waals surface area (Å²) in [6.07, 6.45) is 0.405. The summed E-state index contributed by atoms with van der Waals surface area (Å²) >= 11 is 0. The lowest BCUT2D eigenvalue weighted by atomic mass is 10.1. The summed E-state index contributed by atoms with van der Waals surface area (Å²) in [7, 11) is -4.01. The molecular weight excluding hydrogens is 431 g/mol. The molecule has 0 bridgehead atoms. The van der Waals surface area contributed by atoms with Crippen LogP contribution in [0.1, 0.15) is 24.8 Å². The third-order valence-electron chi connectivity index (χ3n) is 5.68. The van der Waals surface area contributed by atoms with Crippen LogP contribution in [0.3, 0.4) is 0 Å². The Labute approximate surface area is 179 Å². The number of aromatic nitrogens is 2. The maximum Gasteiger partial charge on any atom is 0.416 e. The Morgan fingerprint density at radius 3 is 2.03 bits per heavy atom. The third-order valence-corrected chi connectivity index (χ3v) is 7.57. The number of rotatable bonds is 4. The van der Waals surface area contributed by atoms with E-state index in [1.165, 1.54) is 23.1 Å². The number of nitrogens with zero attached hydrogens (tertiary/aromatic N) is 5. The Morgan fingerprint density at radius 1 is 0.806 bits per heavy atom. The number of halogens is 3. The molecule has 2 fully saturated rings. The van der Waals surface area contributed by atoms with Crippen LogP contribution >= 0.6 is 0 Å². The van der Waals surface area contributed by atoms with Crippen LogP contribution in [0.15, 0.2) is 41.6 Å². The van der Waals surface area contributed by atoms with Gasteiger partial charge in [0.15, 0.2) is 0 Å². The molecule has 2 aromatic rings. The Hall–Kier alpha value is -2.40. The number of benzene rings is 1. The van der Waals surface area contributed by atoms with Crippen LogP contribution in [0.25, 0.3) is 0 Å². The highest BCUT2D eigenvalue weighted by Gasteiger charge is 2.34. The first-order valence-electron chi connectivity index (χ1n) is 10.2. The molecule has 0 amide bonds. The fourth-order valence-corrected chi connectivity index (χ4v) is 5.41. The van der Waals surface area contributed by atoms with Gasteiger partial charge in [-0.1, -0.05) is 6.07 Å². The highest BCUT2D eigenvalue weighted by Crippen LogP contribution is 2.31. The van der Waals surface area contributed by atoms with Gasteiger partial charge >= 0.3 is 6.18 Å². The molecule has 3 heterocycles. The zero-order chi connectivity index (χ0) is 22.1. The zero-order valence-corrected chi connectivity index (χ0v) is 17.7. The second kappa shape index (κ2) is 8.62. The Balaban J connectivity index is 1.45. The van der Waals surface area contributed by atoms with Gasteiger partial charge in [0.2, 0.25) is 10.0 Å². The standard InChI is InChI=1S/C20H24F3N5O2S/c21-20(22,23)16-5-4-6-17(13-16)31(29,30)28-11-9-27(10-12-28)19-14-18(24-15-25-19)26-7-2-1-3-8-26/h4-6,13-15H,1-3,7-12H2. The first kappa shape index (κ1) is 21.8. The van der Waals surface area contributed by atoms with Gasteiger partial charge in [-0.05, 0) is 37.5 Å². The first-order valence-corrected chi connectivity index (χ1v) is 11.7. The van der Waals surface area contributed by atoms with Crippen LogP contribution in [0, 0.1) is 0 Å². The highest BCUT2D eigenvalue weighted by molar-refractivity contribution is 7.89. The van der Waals surface area contributed by atoms with Crippen molar-refractivity contribution < 1.29 is 21.6 Å². The van der Waals surface area contributed by atoms with E-state index < -0.39 is 21.8 Å². The van der Waals surface area contributed by atoms with Crippen LogP contribution in [0.2, 0.25) is 0 Å². The van der Waals surface area contributed by atoms with Gasteiger partial charge in [0.05, 0.1) is 10.5 Å². The molecule has 2 aliphatic rings. The summed E-state index contributed by atoms with van der Waals surface area (Å²) in [4.78, 5) is 12.6. The van der Waals surface area contributed by atoms with Gasteiger partial charge in [-0.2, -0.15) is 17.5 Å². The number of piperazine rings is 1. The molecule has 1 aromatic heterocycles. The van der Waals surface area contributed by atoms with Gasteiger partial charge in [0, 0.05) is 45.3 Å². The summed E-state index contributed by atoms with van der Waals surface area (Å²) in [5, 5.41) is 0. The predicted octanol–water partition coefficient (Wildman–Crippen LogP) is 3.00. The SMILES string of the molecule is O=S(=O)(c1cccc(C(F)(F)F)c1)N1CCN(c2cc(N3CCCCC3)ncn2)CC1. The van der Waals surface area contributed by atoms with Crippen LogP contribution in [0.5, 0.6) is 0 Å². The molecule has 168 valence electrons. The number of piperidine rings is 1. The lowest BCUT2D eigenvalue weighted by molar-refractivity contribution is -0.137. The van der Waals surface area contributed by atoms with E-state index in [0.717, 1.165) is 49.7 Å². The molecule has 0 aliphatic carbocycles. The number of hydrogen-bond donors (Lipinski definition) is 0. The summed E-state index contributed by atoms with van der Waals surface area (Å²) in [6, 6.07) is 5.80. The van der Waals surface area contributed by atoms with E-state index in [9.17, 15) is 21.6 Å². The average Bonchev–Trinajstić information content (AvgIpc) is 2.79. The smallest absolute Gasteiger partial charge is 0.356 e. The van der Waals surface area contributed by atoms with E-state index in [4.69, 9.17) is 0 Å². The minimum absolute atomic E-state index is 0.168. The van der Waals surface area contributed by atoms with Crippen molar-refractivity contribution in [1.29, 1.82) is 0 Å². The highest BCUT2D eigenvalue weighted by atomic mass is 32.2. The maximum absolute atomic E-state index is 13.0. The molecule has 2 aliphatic heterocycles. The zero-order valence-electron chi connectivity index (χ0n) is 16.9. The van der Waals surface area contributed by atoms with Gasteiger partial charge in [-0.15, -0.1) is 0 Å². The molecular formula is C20H24F3N5O2S. The summed E-state index contributed by atoms with van der Waals surface area (Å²) in [5.74, 6) is 1.59. The van der Waals surface area contributed by atoms with E-state index in [1.54, 1.807) is 0 Å². The summed E-state index contributed by atoms with van der Waals surface area (Å²) < 4.78 is 65.9. The Kier molecular flexibility index (Phi) is 6.07. The molecule has 2 saturated heterocycles. The van der Waals surface area contributed by atoms with Crippen LogP contribution < -0.4 is 9.80 Å². The Morgan fingerprint density at radius 2 is 1.42 bits per heavy atom. The van der Waals surface area contributed by atoms with Crippen molar-refractivity contribution in [2.45, 2.75) is 30.3 Å². The molecule has 1 aromatic carbocycles. The van der Waals surface area contributed by atoms with E-state index >= 15 is 0 Å². The minimum atomic E-state index is -4.59. The van der Waals surface area contributed by atoms with Gasteiger partial charge in [-0.25, -0.2) is 18.4 Å². The topological polar surface area (TPSA) is 69.6 Å². The van der Waals surface area contributed by atoms with Gasteiger partial charge < -0.3 is 9.80 Å². The fraction of sp³-hybridized carbons (Fsp3) is 0.500. The van der Waals surface area contributed by atoms with Gasteiger partial charge in [0.25, 0.3) is 0 Å². The van der Waals surface area contributed by atoms with Crippen molar-refractivity contribution in [2.75, 3.05) is 49.1 Å². The average molecular weight is 456 g/mol. The van der Waals surface area contributed by atoms with Gasteiger partial charge in [0.1, 0.15) is 18.0 Å². The normalized spacial score (nSPS) is 18.9. The molecule has 0 radical (unpaired) electrons. The molecule has 31 heavy (non-hydrogen) atoms.